The average molecular weight is 362 g/mol. The first kappa shape index (κ1) is 17.6. The van der Waals surface area contributed by atoms with Gasteiger partial charge in [0, 0.05) is 18.4 Å². The summed E-state index contributed by atoms with van der Waals surface area (Å²) in [6, 6.07) is 0. The van der Waals surface area contributed by atoms with Crippen LogP contribution in [0.4, 0.5) is 5.69 Å². The molecule has 1 atom stereocenters. The van der Waals surface area contributed by atoms with E-state index in [4.69, 9.17) is 0 Å². The number of aryl methyl sites for hydroxylation is 1. The van der Waals surface area contributed by atoms with Gasteiger partial charge >= 0.3 is 16.9 Å². The number of hydrogen-bond acceptors (Lipinski definition) is 4. The predicted molar refractivity (Wildman–Crippen MR) is 84.1 cm³/mol. The van der Waals surface area contributed by atoms with Crippen LogP contribution < -0.4 is 11.2 Å². The molecule has 0 aliphatic carbocycles. The highest BCUT2D eigenvalue weighted by Crippen LogP contribution is 2.10. The zero-order valence-corrected chi connectivity index (χ0v) is 13.8. The highest BCUT2D eigenvalue weighted by Gasteiger charge is 2.19. The molecule has 21 heavy (non-hydrogen) atoms. The number of rotatable bonds is 8. The van der Waals surface area contributed by atoms with Gasteiger partial charge in [0.1, 0.15) is 0 Å². The summed E-state index contributed by atoms with van der Waals surface area (Å²) in [5.41, 5.74) is -1.84. The van der Waals surface area contributed by atoms with Gasteiger partial charge in [-0.3, -0.25) is 24.0 Å². The third-order valence-corrected chi connectivity index (χ3v) is 3.79. The summed E-state index contributed by atoms with van der Waals surface area (Å²) in [6.45, 7) is 4.45. The van der Waals surface area contributed by atoms with Crippen molar-refractivity contribution in [1.82, 2.24) is 9.13 Å². The molecule has 1 rings (SSSR count). The number of alkyl halides is 1. The monoisotopic (exact) mass is 361 g/mol. The van der Waals surface area contributed by atoms with E-state index < -0.39 is 21.9 Å². The minimum absolute atomic E-state index is 0.206. The lowest BCUT2D eigenvalue weighted by molar-refractivity contribution is -0.387. The van der Waals surface area contributed by atoms with Gasteiger partial charge in [-0.25, -0.2) is 4.79 Å². The zero-order valence-electron chi connectivity index (χ0n) is 12.2. The van der Waals surface area contributed by atoms with Crippen LogP contribution in [0.5, 0.6) is 0 Å². The molecule has 0 spiro atoms. The first-order valence-electron chi connectivity index (χ1n) is 6.97. The Bertz CT molecular complexity index is 608. The van der Waals surface area contributed by atoms with Crippen molar-refractivity contribution in [2.75, 3.05) is 5.33 Å². The largest absolute Gasteiger partial charge is 0.350 e. The fraction of sp³-hybridized carbons (Fsp3) is 0.692. The van der Waals surface area contributed by atoms with Crippen molar-refractivity contribution in [3.8, 4) is 0 Å². The lowest BCUT2D eigenvalue weighted by Gasteiger charge is -2.12. The van der Waals surface area contributed by atoms with Gasteiger partial charge in [-0.1, -0.05) is 29.8 Å². The number of nitrogens with zero attached hydrogens (tertiary/aromatic N) is 3. The Morgan fingerprint density at radius 1 is 1.33 bits per heavy atom. The van der Waals surface area contributed by atoms with Crippen molar-refractivity contribution in [2.45, 2.75) is 46.2 Å². The molecule has 0 radical (unpaired) electrons. The van der Waals surface area contributed by atoms with Gasteiger partial charge in [0.05, 0.1) is 11.1 Å². The van der Waals surface area contributed by atoms with E-state index in [9.17, 15) is 19.7 Å². The first-order valence-corrected chi connectivity index (χ1v) is 8.09. The number of nitro groups is 1. The SMILES string of the molecule is CCCn1cc([N+](=O)[O-])c(=O)n(CCC(C)CCBr)c1=O. The smallest absolute Gasteiger partial charge is 0.293 e. The van der Waals surface area contributed by atoms with Gasteiger partial charge in [-0.15, -0.1) is 0 Å². The first-order chi connectivity index (χ1) is 9.92. The highest BCUT2D eigenvalue weighted by molar-refractivity contribution is 9.09. The second-order valence-electron chi connectivity index (χ2n) is 5.08. The fourth-order valence-electron chi connectivity index (χ4n) is 2.04. The van der Waals surface area contributed by atoms with Gasteiger partial charge in [-0.05, 0) is 25.2 Å². The Morgan fingerprint density at radius 2 is 2.00 bits per heavy atom. The standard InChI is InChI=1S/C13H20BrN3O4/c1-3-7-15-9-11(17(20)21)12(18)16(13(15)19)8-5-10(2)4-6-14/h9-10H,3-8H2,1-2H3. The lowest BCUT2D eigenvalue weighted by atomic mass is 10.1. The van der Waals surface area contributed by atoms with Gasteiger partial charge in [-0.2, -0.15) is 0 Å². The molecule has 1 unspecified atom stereocenters. The Morgan fingerprint density at radius 3 is 2.52 bits per heavy atom. The Labute approximate surface area is 130 Å². The van der Waals surface area contributed by atoms with Gasteiger partial charge < -0.3 is 0 Å². The van der Waals surface area contributed by atoms with Gasteiger partial charge in [0.25, 0.3) is 0 Å². The average Bonchev–Trinajstić information content (AvgIpc) is 2.41. The molecule has 118 valence electrons. The molecule has 0 aliphatic heterocycles. The molecule has 0 bridgehead atoms. The molecule has 1 aromatic rings. The molecule has 0 N–H and O–H groups in total. The van der Waals surface area contributed by atoms with Crippen molar-refractivity contribution in [1.29, 1.82) is 0 Å². The minimum Gasteiger partial charge on any atom is -0.293 e. The maximum atomic E-state index is 12.2. The molecule has 0 aliphatic rings. The van der Waals surface area contributed by atoms with E-state index in [1.165, 1.54) is 4.57 Å². The summed E-state index contributed by atoms with van der Waals surface area (Å²) in [5, 5.41) is 11.8. The Kier molecular flexibility index (Phi) is 6.80. The second-order valence-corrected chi connectivity index (χ2v) is 5.87. The van der Waals surface area contributed by atoms with E-state index in [2.05, 4.69) is 15.9 Å². The molecule has 1 aromatic heterocycles. The molecule has 1 heterocycles. The Hall–Kier alpha value is -1.44. The summed E-state index contributed by atoms with van der Waals surface area (Å²) >= 11 is 3.34. The van der Waals surface area contributed by atoms with Crippen LogP contribution in [0, 0.1) is 16.0 Å². The van der Waals surface area contributed by atoms with E-state index in [0.717, 1.165) is 22.5 Å². The normalized spacial score (nSPS) is 12.3. The summed E-state index contributed by atoms with van der Waals surface area (Å²) in [4.78, 5) is 34.5. The number of hydrogen-bond donors (Lipinski definition) is 0. The van der Waals surface area contributed by atoms with Crippen molar-refractivity contribution in [2.24, 2.45) is 5.92 Å². The Balaban J connectivity index is 3.19. The molecule has 0 amide bonds. The third kappa shape index (κ3) is 4.52. The summed E-state index contributed by atoms with van der Waals surface area (Å²) in [6.07, 6.45) is 3.27. The maximum absolute atomic E-state index is 12.2. The van der Waals surface area contributed by atoms with E-state index in [1.54, 1.807) is 0 Å². The van der Waals surface area contributed by atoms with Gasteiger partial charge in [0.2, 0.25) is 0 Å². The van der Waals surface area contributed by atoms with E-state index >= 15 is 0 Å². The number of aromatic nitrogens is 2. The van der Waals surface area contributed by atoms with Crippen LogP contribution in [0.2, 0.25) is 0 Å². The van der Waals surface area contributed by atoms with E-state index in [-0.39, 0.29) is 6.54 Å². The second kappa shape index (κ2) is 8.11. The lowest BCUT2D eigenvalue weighted by Crippen LogP contribution is -2.40. The molecule has 8 heteroatoms. The zero-order chi connectivity index (χ0) is 16.0. The van der Waals surface area contributed by atoms with Crippen LogP contribution in [0.15, 0.2) is 15.8 Å². The van der Waals surface area contributed by atoms with Crippen LogP contribution in [0.3, 0.4) is 0 Å². The number of halogens is 1. The van der Waals surface area contributed by atoms with Crippen molar-refractivity contribution < 1.29 is 4.92 Å². The van der Waals surface area contributed by atoms with E-state index in [0.29, 0.717) is 25.3 Å². The van der Waals surface area contributed by atoms with Crippen LogP contribution in [0.1, 0.15) is 33.1 Å². The third-order valence-electron chi connectivity index (χ3n) is 3.33. The predicted octanol–water partition coefficient (Wildman–Crippen LogP) is 2.14. The fourth-order valence-corrected chi connectivity index (χ4v) is 2.82. The van der Waals surface area contributed by atoms with Crippen molar-refractivity contribution in [3.63, 3.8) is 0 Å². The van der Waals surface area contributed by atoms with Crippen LogP contribution in [-0.2, 0) is 13.1 Å². The van der Waals surface area contributed by atoms with Crippen LogP contribution >= 0.6 is 15.9 Å². The summed E-state index contributed by atoms with van der Waals surface area (Å²) < 4.78 is 2.23. The molecule has 0 aromatic carbocycles. The topological polar surface area (TPSA) is 87.1 Å². The maximum Gasteiger partial charge on any atom is 0.350 e. The van der Waals surface area contributed by atoms with Gasteiger partial charge in [0.15, 0.2) is 0 Å². The van der Waals surface area contributed by atoms with E-state index in [1.807, 2.05) is 13.8 Å². The highest BCUT2D eigenvalue weighted by atomic mass is 79.9. The van der Waals surface area contributed by atoms with Crippen molar-refractivity contribution >= 4 is 21.6 Å². The summed E-state index contributed by atoms with van der Waals surface area (Å²) in [5.74, 6) is 0.328. The van der Waals surface area contributed by atoms with Crippen LogP contribution in [0.25, 0.3) is 0 Å². The molecular weight excluding hydrogens is 342 g/mol. The molecule has 0 saturated carbocycles. The summed E-state index contributed by atoms with van der Waals surface area (Å²) in [7, 11) is 0. The van der Waals surface area contributed by atoms with Crippen molar-refractivity contribution in [3.05, 3.63) is 37.1 Å². The molecule has 0 fully saturated rings. The quantitative estimate of drug-likeness (QED) is 0.403. The molecule has 0 saturated heterocycles. The minimum atomic E-state index is -0.816. The molecule has 7 nitrogen and oxygen atoms in total. The molecular formula is C13H20BrN3O4. The van der Waals surface area contributed by atoms with Crippen LogP contribution in [-0.4, -0.2) is 19.4 Å².